The first-order chi connectivity index (χ1) is 8.79. The largest absolute Gasteiger partial charge is 0.508 e. The van der Waals surface area contributed by atoms with Crippen molar-refractivity contribution in [1.29, 1.82) is 0 Å². The SMILES string of the molecule is Oc1ccc2c(c1)CCC21CCCC2=CN=C[NH+]21. The first kappa shape index (κ1) is 10.3. The highest BCUT2D eigenvalue weighted by molar-refractivity contribution is 5.53. The summed E-state index contributed by atoms with van der Waals surface area (Å²) in [5.41, 5.74) is 4.37. The summed E-state index contributed by atoms with van der Waals surface area (Å²) >= 11 is 0. The molecule has 0 bridgehead atoms. The summed E-state index contributed by atoms with van der Waals surface area (Å²) in [4.78, 5) is 5.81. The molecule has 1 fully saturated rings. The highest BCUT2D eigenvalue weighted by Gasteiger charge is 2.51. The highest BCUT2D eigenvalue weighted by Crippen LogP contribution is 2.42. The lowest BCUT2D eigenvalue weighted by Gasteiger charge is -2.38. The molecule has 18 heavy (non-hydrogen) atoms. The van der Waals surface area contributed by atoms with E-state index in [9.17, 15) is 5.11 Å². The molecule has 1 aromatic carbocycles. The number of aliphatic imine (C=N–C) groups is 1. The van der Waals surface area contributed by atoms with E-state index in [-0.39, 0.29) is 5.54 Å². The normalized spacial score (nSPS) is 32.4. The number of quaternary nitrogens is 1. The average Bonchev–Trinajstić information content (AvgIpc) is 2.96. The number of fused-ring (bicyclic) bond motifs is 4. The average molecular weight is 241 g/mol. The third-order valence-electron chi connectivity index (χ3n) is 4.77. The van der Waals surface area contributed by atoms with E-state index in [1.807, 2.05) is 18.3 Å². The Bertz CT molecular complexity index is 576. The molecule has 1 spiro atoms. The Morgan fingerprint density at radius 3 is 3.11 bits per heavy atom. The van der Waals surface area contributed by atoms with Crippen LogP contribution in [0.1, 0.15) is 36.8 Å². The summed E-state index contributed by atoms with van der Waals surface area (Å²) in [6, 6.07) is 5.89. The minimum absolute atomic E-state index is 0.188. The van der Waals surface area contributed by atoms with Crippen molar-refractivity contribution < 1.29 is 10.0 Å². The number of phenolic OH excluding ortho intramolecular Hbond substituents is 1. The fourth-order valence-corrected chi connectivity index (χ4v) is 3.98. The number of rotatable bonds is 0. The van der Waals surface area contributed by atoms with Gasteiger partial charge in [0.2, 0.25) is 0 Å². The standard InChI is InChI=1S/C15H16N2O/c18-13-3-4-14-11(8-13)5-7-15(14)6-1-2-12-9-16-10-17(12)15/h3-4,8-10,18H,1-2,5-7H2/p+1. The van der Waals surface area contributed by atoms with Gasteiger partial charge in [-0.15, -0.1) is 0 Å². The van der Waals surface area contributed by atoms with Gasteiger partial charge in [0.05, 0.1) is 6.20 Å². The summed E-state index contributed by atoms with van der Waals surface area (Å²) in [5, 5.41) is 9.63. The van der Waals surface area contributed by atoms with Crippen molar-refractivity contribution in [3.05, 3.63) is 41.2 Å². The molecule has 0 aromatic heterocycles. The zero-order chi connectivity index (χ0) is 12.2. The second-order valence-electron chi connectivity index (χ2n) is 5.62. The van der Waals surface area contributed by atoms with Crippen molar-refractivity contribution in [1.82, 2.24) is 0 Å². The zero-order valence-electron chi connectivity index (χ0n) is 10.3. The van der Waals surface area contributed by atoms with Gasteiger partial charge in [0.1, 0.15) is 17.0 Å². The van der Waals surface area contributed by atoms with E-state index in [1.54, 1.807) is 0 Å². The number of aryl methyl sites for hydroxylation is 1. The summed E-state index contributed by atoms with van der Waals surface area (Å²) in [5.74, 6) is 0.391. The molecule has 1 saturated heterocycles. The lowest BCUT2D eigenvalue weighted by atomic mass is 9.81. The number of aromatic hydroxyl groups is 1. The fraction of sp³-hybridized carbons (Fsp3) is 0.400. The number of phenols is 1. The van der Waals surface area contributed by atoms with Gasteiger partial charge in [-0.3, -0.25) is 4.90 Å². The molecular formula is C15H17N2O+. The molecule has 1 aromatic rings. The van der Waals surface area contributed by atoms with E-state index < -0.39 is 0 Å². The molecule has 2 atom stereocenters. The van der Waals surface area contributed by atoms with Gasteiger partial charge >= 0.3 is 0 Å². The quantitative estimate of drug-likeness (QED) is 0.709. The van der Waals surface area contributed by atoms with Crippen LogP contribution in [-0.4, -0.2) is 11.4 Å². The van der Waals surface area contributed by atoms with E-state index in [0.717, 1.165) is 6.42 Å². The van der Waals surface area contributed by atoms with Crippen LogP contribution < -0.4 is 4.90 Å². The summed E-state index contributed by atoms with van der Waals surface area (Å²) in [6.07, 6.45) is 10.00. The van der Waals surface area contributed by atoms with Crippen LogP contribution in [0.3, 0.4) is 0 Å². The lowest BCUT2D eigenvalue weighted by Crippen LogP contribution is -3.16. The molecule has 2 N–H and O–H groups in total. The van der Waals surface area contributed by atoms with Crippen LogP contribution in [0, 0.1) is 0 Å². The Hall–Kier alpha value is -1.61. The second kappa shape index (κ2) is 3.45. The van der Waals surface area contributed by atoms with Crippen molar-refractivity contribution in [3.63, 3.8) is 0 Å². The van der Waals surface area contributed by atoms with Crippen LogP contribution in [0.2, 0.25) is 0 Å². The van der Waals surface area contributed by atoms with E-state index in [0.29, 0.717) is 5.75 Å². The second-order valence-corrected chi connectivity index (χ2v) is 5.62. The van der Waals surface area contributed by atoms with Crippen LogP contribution in [0.5, 0.6) is 5.75 Å². The van der Waals surface area contributed by atoms with Crippen molar-refractivity contribution in [2.75, 3.05) is 0 Å². The zero-order valence-corrected chi connectivity index (χ0v) is 10.3. The van der Waals surface area contributed by atoms with Gasteiger partial charge in [-0.2, -0.15) is 0 Å². The third-order valence-corrected chi connectivity index (χ3v) is 4.77. The molecule has 3 nitrogen and oxygen atoms in total. The van der Waals surface area contributed by atoms with Crippen LogP contribution >= 0.6 is 0 Å². The number of hydrogen-bond acceptors (Lipinski definition) is 2. The van der Waals surface area contributed by atoms with E-state index in [4.69, 9.17) is 0 Å². The predicted octanol–water partition coefficient (Wildman–Crippen LogP) is 1.49. The molecular weight excluding hydrogens is 224 g/mol. The monoisotopic (exact) mass is 241 g/mol. The Balaban J connectivity index is 1.87. The van der Waals surface area contributed by atoms with Crippen molar-refractivity contribution in [2.45, 2.75) is 37.6 Å². The molecule has 0 saturated carbocycles. The summed E-state index contributed by atoms with van der Waals surface area (Å²) < 4.78 is 0. The highest BCUT2D eigenvalue weighted by atomic mass is 16.3. The first-order valence-corrected chi connectivity index (χ1v) is 6.72. The number of nitrogens with one attached hydrogen (secondary N) is 1. The van der Waals surface area contributed by atoms with Crippen LogP contribution in [-0.2, 0) is 12.0 Å². The van der Waals surface area contributed by atoms with E-state index in [2.05, 4.69) is 17.4 Å². The minimum atomic E-state index is 0.188. The maximum absolute atomic E-state index is 9.63. The molecule has 2 unspecified atom stereocenters. The Kier molecular flexibility index (Phi) is 1.98. The lowest BCUT2D eigenvalue weighted by molar-refractivity contribution is -0.834. The Labute approximate surface area is 106 Å². The number of allylic oxidation sites excluding steroid dienone is 1. The van der Waals surface area contributed by atoms with Gasteiger partial charge in [-0.05, 0) is 36.6 Å². The summed E-state index contributed by atoms with van der Waals surface area (Å²) in [7, 11) is 0. The van der Waals surface area contributed by atoms with Gasteiger partial charge in [0, 0.05) is 24.8 Å². The van der Waals surface area contributed by atoms with Crippen LogP contribution in [0.15, 0.2) is 35.1 Å². The molecule has 3 aliphatic rings. The smallest absolute Gasteiger partial charge is 0.194 e. The Morgan fingerprint density at radius 1 is 1.22 bits per heavy atom. The molecule has 0 radical (unpaired) electrons. The van der Waals surface area contributed by atoms with Crippen molar-refractivity contribution in [3.8, 4) is 5.75 Å². The van der Waals surface area contributed by atoms with Gasteiger partial charge in [-0.1, -0.05) is 0 Å². The number of benzene rings is 1. The van der Waals surface area contributed by atoms with E-state index >= 15 is 0 Å². The number of piperidine rings is 1. The van der Waals surface area contributed by atoms with Crippen molar-refractivity contribution >= 4 is 6.34 Å². The van der Waals surface area contributed by atoms with Crippen molar-refractivity contribution in [2.24, 2.45) is 4.99 Å². The maximum atomic E-state index is 9.63. The summed E-state index contributed by atoms with van der Waals surface area (Å²) in [6.45, 7) is 0. The molecule has 2 heterocycles. The van der Waals surface area contributed by atoms with Gasteiger partial charge in [0.15, 0.2) is 6.34 Å². The van der Waals surface area contributed by atoms with Crippen LogP contribution in [0.25, 0.3) is 0 Å². The molecule has 0 amide bonds. The predicted molar refractivity (Wildman–Crippen MR) is 69.5 cm³/mol. The Morgan fingerprint density at radius 2 is 2.17 bits per heavy atom. The molecule has 4 rings (SSSR count). The van der Waals surface area contributed by atoms with E-state index in [1.165, 1.54) is 47.4 Å². The molecule has 92 valence electrons. The molecule has 1 aliphatic carbocycles. The topological polar surface area (TPSA) is 37.0 Å². The maximum Gasteiger partial charge on any atom is 0.194 e. The van der Waals surface area contributed by atoms with Crippen LogP contribution in [0.4, 0.5) is 0 Å². The van der Waals surface area contributed by atoms with Gasteiger partial charge in [-0.25, -0.2) is 4.99 Å². The molecule has 2 aliphatic heterocycles. The number of nitrogens with zero attached hydrogens (tertiary/aromatic N) is 1. The molecule has 3 heteroatoms. The first-order valence-electron chi connectivity index (χ1n) is 6.72. The fourth-order valence-electron chi connectivity index (χ4n) is 3.98. The minimum Gasteiger partial charge on any atom is -0.508 e. The third kappa shape index (κ3) is 1.20. The van der Waals surface area contributed by atoms with Gasteiger partial charge in [0.25, 0.3) is 0 Å². The van der Waals surface area contributed by atoms with Gasteiger partial charge < -0.3 is 5.11 Å². The number of hydrogen-bond donors (Lipinski definition) is 2.